The van der Waals surface area contributed by atoms with Crippen LogP contribution in [0.2, 0.25) is 0 Å². The van der Waals surface area contributed by atoms with E-state index in [2.05, 4.69) is 37.4 Å². The van der Waals surface area contributed by atoms with Crippen LogP contribution < -0.4 is 10.1 Å². The van der Waals surface area contributed by atoms with Gasteiger partial charge in [0, 0.05) is 12.0 Å². The molecule has 1 atom stereocenters. The number of benzene rings is 1. The fourth-order valence-electron chi connectivity index (χ4n) is 2.87. The molecule has 1 fully saturated rings. The fraction of sp³-hybridized carbons (Fsp3) is 0.625. The molecule has 0 aromatic heterocycles. The molecular formula is C16H25NO. The minimum Gasteiger partial charge on any atom is -0.497 e. The average molecular weight is 247 g/mol. The zero-order valence-electron chi connectivity index (χ0n) is 11.8. The predicted molar refractivity (Wildman–Crippen MR) is 76.2 cm³/mol. The van der Waals surface area contributed by atoms with Crippen molar-refractivity contribution >= 4 is 0 Å². The summed E-state index contributed by atoms with van der Waals surface area (Å²) >= 11 is 0. The topological polar surface area (TPSA) is 21.3 Å². The van der Waals surface area contributed by atoms with Crippen LogP contribution in [0, 0.1) is 5.92 Å². The molecule has 2 nitrogen and oxygen atoms in total. The number of hydrogen-bond acceptors (Lipinski definition) is 2. The lowest BCUT2D eigenvalue weighted by molar-refractivity contribution is 0.377. The molecule has 0 aliphatic carbocycles. The lowest BCUT2D eigenvalue weighted by Crippen LogP contribution is -2.29. The molecule has 18 heavy (non-hydrogen) atoms. The lowest BCUT2D eigenvalue weighted by Gasteiger charge is -2.30. The first-order valence-electron chi connectivity index (χ1n) is 7.01. The normalized spacial score (nSPS) is 23.6. The molecule has 1 aromatic rings. The van der Waals surface area contributed by atoms with Crippen LogP contribution in [0.5, 0.6) is 5.75 Å². The maximum Gasteiger partial charge on any atom is 0.119 e. The summed E-state index contributed by atoms with van der Waals surface area (Å²) in [5, 5.41) is 3.53. The summed E-state index contributed by atoms with van der Waals surface area (Å²) in [4.78, 5) is 0. The van der Waals surface area contributed by atoms with E-state index in [9.17, 15) is 0 Å². The molecule has 1 aliphatic rings. The van der Waals surface area contributed by atoms with E-state index in [4.69, 9.17) is 4.74 Å². The van der Waals surface area contributed by atoms with E-state index in [0.29, 0.717) is 5.41 Å². The first-order chi connectivity index (χ1) is 8.66. The number of hydrogen-bond donors (Lipinski definition) is 1. The van der Waals surface area contributed by atoms with E-state index in [0.717, 1.165) is 24.8 Å². The van der Waals surface area contributed by atoms with E-state index in [1.54, 1.807) is 7.11 Å². The van der Waals surface area contributed by atoms with E-state index >= 15 is 0 Å². The molecular weight excluding hydrogens is 222 g/mol. The molecule has 1 N–H and O–H groups in total. The van der Waals surface area contributed by atoms with E-state index in [1.165, 1.54) is 24.8 Å². The highest BCUT2D eigenvalue weighted by atomic mass is 16.5. The van der Waals surface area contributed by atoms with E-state index < -0.39 is 0 Å². The molecule has 0 unspecified atom stereocenters. The summed E-state index contributed by atoms with van der Waals surface area (Å²) in [6, 6.07) is 8.62. The van der Waals surface area contributed by atoms with Gasteiger partial charge >= 0.3 is 0 Å². The highest BCUT2D eigenvalue weighted by Gasteiger charge is 2.35. The molecule has 1 saturated heterocycles. The second-order valence-electron chi connectivity index (χ2n) is 5.87. The molecule has 1 heterocycles. The third-order valence-electron chi connectivity index (χ3n) is 4.13. The van der Waals surface area contributed by atoms with Crippen molar-refractivity contribution in [2.75, 3.05) is 20.2 Å². The Hall–Kier alpha value is -1.02. The van der Waals surface area contributed by atoms with Gasteiger partial charge in [0.2, 0.25) is 0 Å². The van der Waals surface area contributed by atoms with Gasteiger partial charge in [-0.2, -0.15) is 0 Å². The van der Waals surface area contributed by atoms with Crippen molar-refractivity contribution < 1.29 is 4.74 Å². The van der Waals surface area contributed by atoms with Gasteiger partial charge in [-0.1, -0.05) is 32.4 Å². The number of methoxy groups -OCH3 is 1. The minimum atomic E-state index is 0.318. The molecule has 2 rings (SSSR count). The van der Waals surface area contributed by atoms with Gasteiger partial charge in [-0.25, -0.2) is 0 Å². The zero-order chi connectivity index (χ0) is 13.0. The third-order valence-corrected chi connectivity index (χ3v) is 4.13. The zero-order valence-corrected chi connectivity index (χ0v) is 11.8. The molecule has 0 amide bonds. The Balaban J connectivity index is 2.22. The monoisotopic (exact) mass is 247 g/mol. The van der Waals surface area contributed by atoms with Crippen molar-refractivity contribution in [2.45, 2.75) is 38.5 Å². The third kappa shape index (κ3) is 2.86. The van der Waals surface area contributed by atoms with Crippen LogP contribution in [-0.2, 0) is 5.41 Å². The van der Waals surface area contributed by atoms with E-state index in [-0.39, 0.29) is 0 Å². The summed E-state index contributed by atoms with van der Waals surface area (Å²) in [5.41, 5.74) is 1.76. The molecule has 0 saturated carbocycles. The largest absolute Gasteiger partial charge is 0.497 e. The Kier molecular flexibility index (Phi) is 4.28. The quantitative estimate of drug-likeness (QED) is 0.861. The standard InChI is InChI=1S/C16H25NO/c1-13(2)7-8-16(9-10-17-12-16)14-5-4-6-15(11-14)18-3/h4-6,11,13,17H,7-10,12H2,1-3H3/t16-/m0/s1. The van der Waals surface area contributed by atoms with Gasteiger partial charge in [0.05, 0.1) is 7.11 Å². The van der Waals surface area contributed by atoms with Crippen molar-refractivity contribution in [1.82, 2.24) is 5.32 Å². The van der Waals surface area contributed by atoms with Crippen molar-refractivity contribution in [2.24, 2.45) is 5.92 Å². The van der Waals surface area contributed by atoms with Crippen LogP contribution >= 0.6 is 0 Å². The van der Waals surface area contributed by atoms with Gasteiger partial charge in [0.1, 0.15) is 5.75 Å². The van der Waals surface area contributed by atoms with Crippen LogP contribution in [0.15, 0.2) is 24.3 Å². The second-order valence-corrected chi connectivity index (χ2v) is 5.87. The van der Waals surface area contributed by atoms with Crippen LogP contribution in [0.25, 0.3) is 0 Å². The number of rotatable bonds is 5. The minimum absolute atomic E-state index is 0.318. The molecule has 2 heteroatoms. The molecule has 0 bridgehead atoms. The van der Waals surface area contributed by atoms with Crippen LogP contribution in [0.1, 0.15) is 38.7 Å². The highest BCUT2D eigenvalue weighted by Crippen LogP contribution is 2.37. The summed E-state index contributed by atoms with van der Waals surface area (Å²) in [6.45, 7) is 6.85. The highest BCUT2D eigenvalue weighted by molar-refractivity contribution is 5.35. The van der Waals surface area contributed by atoms with Crippen molar-refractivity contribution in [3.63, 3.8) is 0 Å². The van der Waals surface area contributed by atoms with Crippen molar-refractivity contribution in [1.29, 1.82) is 0 Å². The van der Waals surface area contributed by atoms with Crippen molar-refractivity contribution in [3.05, 3.63) is 29.8 Å². The number of nitrogens with one attached hydrogen (secondary N) is 1. The summed E-state index contributed by atoms with van der Waals surface area (Å²) in [5.74, 6) is 1.75. The summed E-state index contributed by atoms with van der Waals surface area (Å²) in [7, 11) is 1.74. The first-order valence-corrected chi connectivity index (χ1v) is 7.01. The van der Waals surface area contributed by atoms with Gasteiger partial charge in [-0.05, 0) is 43.0 Å². The lowest BCUT2D eigenvalue weighted by atomic mass is 9.75. The maximum atomic E-state index is 5.36. The Labute approximate surface area is 111 Å². The van der Waals surface area contributed by atoms with Gasteiger partial charge < -0.3 is 10.1 Å². The Morgan fingerprint density at radius 2 is 2.22 bits per heavy atom. The van der Waals surface area contributed by atoms with Gasteiger partial charge in [0.25, 0.3) is 0 Å². The fourth-order valence-corrected chi connectivity index (χ4v) is 2.87. The summed E-state index contributed by atoms with van der Waals surface area (Å²) in [6.07, 6.45) is 3.80. The molecule has 100 valence electrons. The average Bonchev–Trinajstić information content (AvgIpc) is 2.86. The molecule has 1 aromatic carbocycles. The molecule has 0 spiro atoms. The van der Waals surface area contributed by atoms with Gasteiger partial charge in [0.15, 0.2) is 0 Å². The van der Waals surface area contributed by atoms with Crippen LogP contribution in [0.4, 0.5) is 0 Å². The second kappa shape index (κ2) is 5.75. The Bertz CT molecular complexity index is 380. The summed E-state index contributed by atoms with van der Waals surface area (Å²) < 4.78 is 5.36. The van der Waals surface area contributed by atoms with Crippen LogP contribution in [-0.4, -0.2) is 20.2 Å². The SMILES string of the molecule is COc1cccc([C@@]2(CCC(C)C)CCNC2)c1. The van der Waals surface area contributed by atoms with Crippen molar-refractivity contribution in [3.8, 4) is 5.75 Å². The number of ether oxygens (including phenoxy) is 1. The maximum absolute atomic E-state index is 5.36. The predicted octanol–water partition coefficient (Wildman–Crippen LogP) is 3.36. The van der Waals surface area contributed by atoms with Gasteiger partial charge in [-0.3, -0.25) is 0 Å². The van der Waals surface area contributed by atoms with Crippen LogP contribution in [0.3, 0.4) is 0 Å². The molecule has 1 aliphatic heterocycles. The van der Waals surface area contributed by atoms with Gasteiger partial charge in [-0.15, -0.1) is 0 Å². The smallest absolute Gasteiger partial charge is 0.119 e. The van der Waals surface area contributed by atoms with E-state index in [1.807, 2.05) is 6.07 Å². The Morgan fingerprint density at radius 1 is 1.39 bits per heavy atom. The molecule has 0 radical (unpaired) electrons. The Morgan fingerprint density at radius 3 is 2.83 bits per heavy atom. The first kappa shape index (κ1) is 13.4.